The van der Waals surface area contributed by atoms with Gasteiger partial charge in [-0.1, -0.05) is 121 Å². The van der Waals surface area contributed by atoms with E-state index in [1.165, 1.54) is 65.0 Å². The van der Waals surface area contributed by atoms with E-state index in [4.69, 9.17) is 4.98 Å². The number of rotatable bonds is 2. The van der Waals surface area contributed by atoms with Gasteiger partial charge in [-0.3, -0.25) is 4.98 Å². The summed E-state index contributed by atoms with van der Waals surface area (Å²) in [6.07, 6.45) is 2.09. The minimum Gasteiger partial charge on any atom is -0.256 e. The molecule has 1 nitrogen and oxygen atoms in total. The van der Waals surface area contributed by atoms with Gasteiger partial charge in [-0.2, -0.15) is 0 Å². The zero-order valence-corrected chi connectivity index (χ0v) is 20.7. The number of aromatic nitrogens is 1. The van der Waals surface area contributed by atoms with Gasteiger partial charge >= 0.3 is 0 Å². The van der Waals surface area contributed by atoms with E-state index in [9.17, 15) is 0 Å². The van der Waals surface area contributed by atoms with Gasteiger partial charge in [-0.05, 0) is 66.3 Å². The zero-order valence-electron chi connectivity index (χ0n) is 20.7. The van der Waals surface area contributed by atoms with Crippen LogP contribution in [-0.4, -0.2) is 4.98 Å². The highest BCUT2D eigenvalue weighted by atomic mass is 14.7. The summed E-state index contributed by atoms with van der Waals surface area (Å²) < 4.78 is 0. The minimum absolute atomic E-state index is 0.991. The lowest BCUT2D eigenvalue weighted by molar-refractivity contribution is 1.36. The molecule has 0 aliphatic carbocycles. The summed E-state index contributed by atoms with van der Waals surface area (Å²) in [7, 11) is 0. The van der Waals surface area contributed by atoms with Crippen LogP contribution in [0.3, 0.4) is 0 Å². The lowest BCUT2D eigenvalue weighted by Crippen LogP contribution is -1.91. The van der Waals surface area contributed by atoms with Gasteiger partial charge < -0.3 is 0 Å². The zero-order chi connectivity index (χ0) is 25.1. The summed E-state index contributed by atoms with van der Waals surface area (Å²) in [5, 5.41) is 12.7. The van der Waals surface area contributed by atoms with Crippen LogP contribution in [0.25, 0.3) is 76.2 Å². The van der Waals surface area contributed by atoms with Crippen LogP contribution < -0.4 is 0 Å². The highest BCUT2D eigenvalue weighted by Gasteiger charge is 2.16. The first kappa shape index (κ1) is 21.1. The summed E-state index contributed by atoms with van der Waals surface area (Å²) in [6, 6.07) is 47.9. The monoisotopic (exact) mass is 481 g/mol. The van der Waals surface area contributed by atoms with Crippen molar-refractivity contribution < 1.29 is 0 Å². The molecule has 0 bridgehead atoms. The van der Waals surface area contributed by atoms with Crippen LogP contribution in [-0.2, 0) is 0 Å². The molecule has 0 fully saturated rings. The Hall–Kier alpha value is -5.01. The largest absolute Gasteiger partial charge is 0.256 e. The third-order valence-electron chi connectivity index (χ3n) is 7.86. The fourth-order valence-electron chi connectivity index (χ4n) is 6.16. The van der Waals surface area contributed by atoms with Gasteiger partial charge in [0, 0.05) is 22.5 Å². The molecule has 0 atom stereocenters. The number of pyridine rings is 1. The molecule has 0 saturated carbocycles. The van der Waals surface area contributed by atoms with Crippen LogP contribution in [0.15, 0.2) is 140 Å². The van der Waals surface area contributed by atoms with Crippen LogP contribution in [0.5, 0.6) is 0 Å². The SMILES string of the molecule is c1ccc(-c2cccc(-c3cc4c5ccccc5c5c6ccccc6c6ccccc6c5c4cn3)c2)cc1. The maximum absolute atomic E-state index is 5.06. The first-order chi connectivity index (χ1) is 18.9. The fourth-order valence-corrected chi connectivity index (χ4v) is 6.16. The molecule has 0 amide bonds. The average Bonchev–Trinajstić information content (AvgIpc) is 3.01. The lowest BCUT2D eigenvalue weighted by Gasteiger charge is -2.16. The van der Waals surface area contributed by atoms with Gasteiger partial charge in [0.05, 0.1) is 5.69 Å². The normalized spacial score (nSPS) is 11.7. The number of benzene rings is 7. The van der Waals surface area contributed by atoms with Crippen LogP contribution >= 0.6 is 0 Å². The molecule has 1 aromatic heterocycles. The Bertz CT molecular complexity index is 2170. The molecule has 8 aromatic rings. The summed E-state index contributed by atoms with van der Waals surface area (Å²) in [5.41, 5.74) is 4.53. The van der Waals surface area contributed by atoms with Crippen LogP contribution in [0.4, 0.5) is 0 Å². The Labute approximate surface area is 220 Å². The van der Waals surface area contributed by atoms with Gasteiger partial charge in [0.15, 0.2) is 0 Å². The lowest BCUT2D eigenvalue weighted by atomic mass is 9.87. The molecule has 0 unspecified atom stereocenters. The molecule has 0 spiro atoms. The molecular formula is C37H23N. The first-order valence-electron chi connectivity index (χ1n) is 13.1. The molecule has 0 saturated heterocycles. The number of hydrogen-bond donors (Lipinski definition) is 0. The average molecular weight is 482 g/mol. The third kappa shape index (κ3) is 3.09. The van der Waals surface area contributed by atoms with E-state index in [1.807, 2.05) is 0 Å². The molecule has 1 heteroatoms. The predicted octanol–water partition coefficient (Wildman–Crippen LogP) is 10.2. The molecule has 8 rings (SSSR count). The Morgan fingerprint density at radius 3 is 1.42 bits per heavy atom. The van der Waals surface area contributed by atoms with Crippen molar-refractivity contribution in [2.24, 2.45) is 0 Å². The fraction of sp³-hybridized carbons (Fsp3) is 0. The minimum atomic E-state index is 0.991. The van der Waals surface area contributed by atoms with Crippen molar-refractivity contribution in [1.82, 2.24) is 4.98 Å². The van der Waals surface area contributed by atoms with Crippen molar-refractivity contribution in [1.29, 1.82) is 0 Å². The van der Waals surface area contributed by atoms with Crippen molar-refractivity contribution in [3.05, 3.63) is 140 Å². The van der Waals surface area contributed by atoms with Crippen LogP contribution in [0, 0.1) is 0 Å². The maximum atomic E-state index is 5.06. The number of nitrogens with zero attached hydrogens (tertiary/aromatic N) is 1. The second-order valence-electron chi connectivity index (χ2n) is 9.95. The topological polar surface area (TPSA) is 12.9 Å². The van der Waals surface area contributed by atoms with Crippen LogP contribution in [0.1, 0.15) is 0 Å². The standard InChI is InChI=1S/C37H23N/c1-2-11-24(12-3-1)25-13-10-14-26(21-25)35-22-33-29-17-6-9-20-32(29)36-30-18-7-4-15-27(30)28-16-5-8-19-31(28)37(36)34(33)23-38-35/h1-23H. The highest BCUT2D eigenvalue weighted by Crippen LogP contribution is 2.44. The Kier molecular flexibility index (Phi) is 4.59. The Balaban J connectivity index is 1.50. The van der Waals surface area contributed by atoms with Gasteiger partial charge in [0.2, 0.25) is 0 Å². The maximum Gasteiger partial charge on any atom is 0.0708 e. The van der Waals surface area contributed by atoms with Gasteiger partial charge in [0.25, 0.3) is 0 Å². The van der Waals surface area contributed by atoms with Crippen molar-refractivity contribution in [3.8, 4) is 22.4 Å². The van der Waals surface area contributed by atoms with E-state index in [1.54, 1.807) is 0 Å². The van der Waals surface area contributed by atoms with E-state index in [-0.39, 0.29) is 0 Å². The molecule has 1 heterocycles. The molecule has 0 aliphatic rings. The summed E-state index contributed by atoms with van der Waals surface area (Å²) in [6.45, 7) is 0. The van der Waals surface area contributed by atoms with Crippen LogP contribution in [0.2, 0.25) is 0 Å². The van der Waals surface area contributed by atoms with E-state index in [0.717, 1.165) is 11.3 Å². The van der Waals surface area contributed by atoms with E-state index < -0.39 is 0 Å². The van der Waals surface area contributed by atoms with Crippen molar-refractivity contribution in [3.63, 3.8) is 0 Å². The van der Waals surface area contributed by atoms with Crippen molar-refractivity contribution >= 4 is 53.9 Å². The molecule has 0 aliphatic heterocycles. The highest BCUT2D eigenvalue weighted by molar-refractivity contribution is 6.39. The van der Waals surface area contributed by atoms with Crippen molar-refractivity contribution in [2.75, 3.05) is 0 Å². The van der Waals surface area contributed by atoms with Gasteiger partial charge in [0.1, 0.15) is 0 Å². The first-order valence-corrected chi connectivity index (χ1v) is 13.1. The third-order valence-corrected chi connectivity index (χ3v) is 7.86. The second kappa shape index (κ2) is 8.26. The predicted molar refractivity (Wildman–Crippen MR) is 163 cm³/mol. The summed E-state index contributed by atoms with van der Waals surface area (Å²) in [5.74, 6) is 0. The summed E-state index contributed by atoms with van der Waals surface area (Å²) >= 11 is 0. The van der Waals surface area contributed by atoms with Gasteiger partial charge in [-0.25, -0.2) is 0 Å². The summed E-state index contributed by atoms with van der Waals surface area (Å²) in [4.78, 5) is 5.06. The molecule has 176 valence electrons. The Morgan fingerprint density at radius 2 is 0.789 bits per heavy atom. The van der Waals surface area contributed by atoms with Crippen molar-refractivity contribution in [2.45, 2.75) is 0 Å². The van der Waals surface area contributed by atoms with E-state index >= 15 is 0 Å². The quantitative estimate of drug-likeness (QED) is 0.224. The Morgan fingerprint density at radius 1 is 0.316 bits per heavy atom. The van der Waals surface area contributed by atoms with E-state index in [2.05, 4.69) is 140 Å². The molecular weight excluding hydrogens is 458 g/mol. The van der Waals surface area contributed by atoms with Gasteiger partial charge in [-0.15, -0.1) is 0 Å². The number of hydrogen-bond acceptors (Lipinski definition) is 1. The molecule has 0 radical (unpaired) electrons. The van der Waals surface area contributed by atoms with E-state index in [0.29, 0.717) is 0 Å². The molecule has 7 aromatic carbocycles. The number of fused-ring (bicyclic) bond motifs is 11. The molecule has 0 N–H and O–H groups in total. The molecule has 38 heavy (non-hydrogen) atoms. The smallest absolute Gasteiger partial charge is 0.0708 e. The second-order valence-corrected chi connectivity index (χ2v) is 9.95.